The maximum Gasteiger partial charge on any atom is 0.159 e. The lowest BCUT2D eigenvalue weighted by Crippen LogP contribution is -2.10. The van der Waals surface area contributed by atoms with Crippen molar-refractivity contribution in [2.75, 3.05) is 9.80 Å². The topological polar surface area (TPSA) is 41.6 Å². The van der Waals surface area contributed by atoms with Crippen LogP contribution in [0.25, 0.3) is 121 Å². The Morgan fingerprint density at radius 1 is 0.429 bits per heavy atom. The Hall–Kier alpha value is -9.78. The van der Waals surface area contributed by atoms with E-state index in [0.29, 0.717) is 0 Å². The molecule has 6 aromatic heterocycles. The Kier molecular flexibility index (Phi) is 9.26. The van der Waals surface area contributed by atoms with Gasteiger partial charge in [0.25, 0.3) is 0 Å². The summed E-state index contributed by atoms with van der Waals surface area (Å²) in [4.78, 5) is 4.70. The molecule has 6 heteroatoms. The fourth-order valence-corrected chi connectivity index (χ4v) is 13.1. The zero-order chi connectivity index (χ0) is 51.2. The minimum Gasteiger partial charge on any atom is -0.454 e. The van der Waals surface area contributed by atoms with Gasteiger partial charge in [0.2, 0.25) is 0 Å². The third-order valence-electron chi connectivity index (χ3n) is 16.5. The normalized spacial score (nSPS) is 12.5. The number of hydrogen-bond donors (Lipinski definition) is 0. The standard InChI is InChI=1S/C71H50N4O2/c1-5-19-52-54-30-17-32-62(70(54)76-68(52)42(4)6-2)72(44-21-10-8-11-22-44)46-34-36-60-56(38-46)48-25-15-27-50-58-41-65-59(40-64(58)74(60)66(48)50)51-28-16-26-49-57-39-47(35-37-61(57)75(65)67(49)51)73(45-23-12-9-13-24-45)63-33-18-31-55-53-29-14-20-43(7-3)69(53)77-71(55)63/h5,8-41H,4,6-7H2,1-3H3/b19-5-. The number of fused-ring (bicyclic) bond motifs is 16. The lowest BCUT2D eigenvalue weighted by molar-refractivity contribution is 0.596. The highest BCUT2D eigenvalue weighted by atomic mass is 16.3. The van der Waals surface area contributed by atoms with Crippen LogP contribution in [0, 0.1) is 0 Å². The SMILES string of the molecule is C=C(CC)c1oc2c(N(c3ccccc3)c3ccc4c(c3)c3cccc5c6cc7c(cc6n4c35)c3cccc4c5cc(N(c6ccccc6)c6cccc8c6oc6c(CC)cccc68)ccc5n7c43)cccc2c1/C=C\C. The Morgan fingerprint density at radius 2 is 0.883 bits per heavy atom. The minimum absolute atomic E-state index is 0.802. The number of rotatable bonds is 10. The van der Waals surface area contributed by atoms with Gasteiger partial charge in [-0.05, 0) is 116 Å². The van der Waals surface area contributed by atoms with E-state index in [1.54, 1.807) is 0 Å². The van der Waals surface area contributed by atoms with E-state index in [9.17, 15) is 0 Å². The molecule has 0 N–H and O–H groups in total. The molecule has 0 unspecified atom stereocenters. The van der Waals surface area contributed by atoms with E-state index in [0.717, 1.165) is 96.8 Å². The zero-order valence-corrected chi connectivity index (χ0v) is 42.9. The smallest absolute Gasteiger partial charge is 0.159 e. The highest BCUT2D eigenvalue weighted by Gasteiger charge is 2.27. The van der Waals surface area contributed by atoms with Crippen molar-refractivity contribution in [3.05, 3.63) is 230 Å². The summed E-state index contributed by atoms with van der Waals surface area (Å²) in [6.45, 7) is 10.8. The number of furan rings is 2. The van der Waals surface area contributed by atoms with Crippen molar-refractivity contribution >= 4 is 155 Å². The molecule has 6 heterocycles. The van der Waals surface area contributed by atoms with Crippen LogP contribution in [0.1, 0.15) is 44.1 Å². The first-order chi connectivity index (χ1) is 38.0. The summed E-state index contributed by atoms with van der Waals surface area (Å²) in [7, 11) is 0. The van der Waals surface area contributed by atoms with Gasteiger partial charge >= 0.3 is 0 Å². The van der Waals surface area contributed by atoms with Crippen LogP contribution in [-0.4, -0.2) is 8.80 Å². The third-order valence-corrected chi connectivity index (χ3v) is 16.5. The monoisotopic (exact) mass is 990 g/mol. The van der Waals surface area contributed by atoms with Crippen molar-refractivity contribution in [2.24, 2.45) is 0 Å². The maximum absolute atomic E-state index is 6.88. The fraction of sp³-hybridized carbons (Fsp3) is 0.0704. The van der Waals surface area contributed by atoms with E-state index in [1.165, 1.54) is 81.8 Å². The molecule has 0 amide bonds. The van der Waals surface area contributed by atoms with Crippen LogP contribution < -0.4 is 9.80 Å². The molecule has 16 rings (SSSR count). The lowest BCUT2D eigenvalue weighted by Gasteiger charge is -2.25. The van der Waals surface area contributed by atoms with Gasteiger partial charge in [-0.3, -0.25) is 0 Å². The molecule has 0 saturated carbocycles. The molecule has 0 fully saturated rings. The number of nitrogens with zero attached hydrogens (tertiary/aromatic N) is 4. The van der Waals surface area contributed by atoms with Gasteiger partial charge in [-0.25, -0.2) is 0 Å². The number of aryl methyl sites for hydroxylation is 1. The van der Waals surface area contributed by atoms with Crippen molar-refractivity contribution in [3.8, 4) is 0 Å². The van der Waals surface area contributed by atoms with Crippen LogP contribution in [0.4, 0.5) is 34.1 Å². The first kappa shape index (κ1) is 43.6. The average Bonchev–Trinajstić information content (AvgIpc) is 4.25. The molecular weight excluding hydrogens is 941 g/mol. The van der Waals surface area contributed by atoms with E-state index >= 15 is 0 Å². The maximum atomic E-state index is 6.88. The molecule has 6 nitrogen and oxygen atoms in total. The summed E-state index contributed by atoms with van der Waals surface area (Å²) in [5, 5.41) is 13.2. The Balaban J connectivity index is 0.879. The van der Waals surface area contributed by atoms with Crippen molar-refractivity contribution in [3.63, 3.8) is 0 Å². The summed E-state index contributed by atoms with van der Waals surface area (Å²) < 4.78 is 18.8. The molecular formula is C71H50N4O2. The van der Waals surface area contributed by atoms with E-state index in [2.05, 4.69) is 258 Å². The molecule has 0 bridgehead atoms. The van der Waals surface area contributed by atoms with E-state index < -0.39 is 0 Å². The number of aromatic nitrogens is 2. The second-order valence-corrected chi connectivity index (χ2v) is 20.6. The molecule has 0 atom stereocenters. The van der Waals surface area contributed by atoms with Crippen LogP contribution in [0.3, 0.4) is 0 Å². The summed E-state index contributed by atoms with van der Waals surface area (Å²) in [6.07, 6.45) is 5.93. The van der Waals surface area contributed by atoms with Gasteiger partial charge in [0.15, 0.2) is 11.2 Å². The zero-order valence-electron chi connectivity index (χ0n) is 42.9. The number of anilines is 6. The van der Waals surface area contributed by atoms with Crippen LogP contribution in [0.5, 0.6) is 0 Å². The van der Waals surface area contributed by atoms with Crippen molar-refractivity contribution in [1.82, 2.24) is 8.80 Å². The summed E-state index contributed by atoms with van der Waals surface area (Å²) >= 11 is 0. The number of hydrogen-bond acceptors (Lipinski definition) is 4. The number of benzene rings is 10. The van der Waals surface area contributed by atoms with Crippen molar-refractivity contribution in [2.45, 2.75) is 33.6 Å². The minimum atomic E-state index is 0.802. The Bertz CT molecular complexity index is 5110. The second-order valence-electron chi connectivity index (χ2n) is 20.6. The highest BCUT2D eigenvalue weighted by Crippen LogP contribution is 2.50. The fourth-order valence-electron chi connectivity index (χ4n) is 13.1. The van der Waals surface area contributed by atoms with Gasteiger partial charge < -0.3 is 27.4 Å². The largest absolute Gasteiger partial charge is 0.454 e. The molecule has 0 saturated heterocycles. The van der Waals surface area contributed by atoms with Crippen LogP contribution in [0.2, 0.25) is 0 Å². The molecule has 16 aromatic rings. The summed E-state index contributed by atoms with van der Waals surface area (Å²) in [6, 6.07) is 73.3. The van der Waals surface area contributed by atoms with E-state index in [-0.39, 0.29) is 0 Å². The predicted octanol–water partition coefficient (Wildman–Crippen LogP) is 20.6. The van der Waals surface area contributed by atoms with E-state index in [1.807, 2.05) is 0 Å². The van der Waals surface area contributed by atoms with Crippen LogP contribution >= 0.6 is 0 Å². The van der Waals surface area contributed by atoms with Gasteiger partial charge in [0.05, 0.1) is 44.5 Å². The first-order valence-electron chi connectivity index (χ1n) is 26.8. The summed E-state index contributed by atoms with van der Waals surface area (Å²) in [5.74, 6) is 0.843. The van der Waals surface area contributed by atoms with Crippen molar-refractivity contribution < 1.29 is 8.83 Å². The molecule has 0 radical (unpaired) electrons. The van der Waals surface area contributed by atoms with E-state index in [4.69, 9.17) is 8.83 Å². The van der Waals surface area contributed by atoms with Gasteiger partial charge in [-0.2, -0.15) is 0 Å². The van der Waals surface area contributed by atoms with Gasteiger partial charge in [-0.1, -0.05) is 148 Å². The molecule has 0 aliphatic carbocycles. The van der Waals surface area contributed by atoms with Crippen molar-refractivity contribution in [1.29, 1.82) is 0 Å². The third kappa shape index (κ3) is 6.01. The molecule has 10 aromatic carbocycles. The quantitative estimate of drug-likeness (QED) is 0.137. The highest BCUT2D eigenvalue weighted by molar-refractivity contribution is 6.29. The molecule has 0 spiro atoms. The Labute approximate surface area is 443 Å². The predicted molar refractivity (Wildman–Crippen MR) is 326 cm³/mol. The van der Waals surface area contributed by atoms with Gasteiger partial charge in [0.1, 0.15) is 11.3 Å². The van der Waals surface area contributed by atoms with Crippen LogP contribution in [0.15, 0.2) is 222 Å². The molecule has 0 aliphatic rings. The molecule has 0 aliphatic heterocycles. The van der Waals surface area contributed by atoms with Gasteiger partial charge in [-0.15, -0.1) is 0 Å². The second kappa shape index (κ2) is 16.4. The number of para-hydroxylation sites is 7. The lowest BCUT2D eigenvalue weighted by atomic mass is 10.0. The first-order valence-corrected chi connectivity index (χ1v) is 26.8. The Morgan fingerprint density at radius 3 is 1.39 bits per heavy atom. The molecule has 366 valence electrons. The van der Waals surface area contributed by atoms with Crippen LogP contribution in [-0.2, 0) is 6.42 Å². The van der Waals surface area contributed by atoms with Gasteiger partial charge in [0, 0.05) is 87.6 Å². The average molecular weight is 991 g/mol. The molecule has 77 heavy (non-hydrogen) atoms. The summed E-state index contributed by atoms with van der Waals surface area (Å²) in [5.41, 5.74) is 19.5. The number of allylic oxidation sites excluding steroid dienone is 2.